The van der Waals surface area contributed by atoms with E-state index in [0.717, 1.165) is 0 Å². The fourth-order valence-electron chi connectivity index (χ4n) is 2.24. The molecule has 0 saturated heterocycles. The zero-order valence-corrected chi connectivity index (χ0v) is 15.8. The lowest BCUT2D eigenvalue weighted by molar-refractivity contribution is 1.03. The van der Waals surface area contributed by atoms with Gasteiger partial charge in [-0.2, -0.15) is 0 Å². The Hall–Kier alpha value is -2.67. The number of pyridine rings is 3. The van der Waals surface area contributed by atoms with E-state index in [-0.39, 0.29) is 0 Å². The standard InChI is InChI=1S/C18H9Cl3N6/c19-10-1-4-13(22-7-10)16-25-17(14-5-2-11(20)8-23-14)27-18(26-16)15-6-3-12(21)9-24-15/h1-9H. The molecule has 4 aromatic rings. The third kappa shape index (κ3) is 4.03. The van der Waals surface area contributed by atoms with Gasteiger partial charge in [-0.25, -0.2) is 15.0 Å². The first kappa shape index (κ1) is 17.7. The van der Waals surface area contributed by atoms with E-state index in [1.165, 1.54) is 18.6 Å². The third-order valence-electron chi connectivity index (χ3n) is 3.50. The topological polar surface area (TPSA) is 77.3 Å². The predicted molar refractivity (Wildman–Crippen MR) is 105 cm³/mol. The lowest BCUT2D eigenvalue weighted by atomic mass is 10.3. The second kappa shape index (κ2) is 7.52. The first-order chi connectivity index (χ1) is 13.1. The van der Waals surface area contributed by atoms with Gasteiger partial charge in [-0.05, 0) is 36.4 Å². The molecule has 0 radical (unpaired) electrons. The third-order valence-corrected chi connectivity index (χ3v) is 4.18. The van der Waals surface area contributed by atoms with Crippen LogP contribution in [0.5, 0.6) is 0 Å². The molecule has 0 spiro atoms. The normalized spacial score (nSPS) is 10.8. The number of aromatic nitrogens is 6. The summed E-state index contributed by atoms with van der Waals surface area (Å²) < 4.78 is 0. The van der Waals surface area contributed by atoms with Crippen LogP contribution in [-0.2, 0) is 0 Å². The molecule has 0 fully saturated rings. The van der Waals surface area contributed by atoms with Crippen molar-refractivity contribution in [2.75, 3.05) is 0 Å². The van der Waals surface area contributed by atoms with Gasteiger partial charge in [-0.1, -0.05) is 34.8 Å². The Bertz CT molecular complexity index is 930. The fraction of sp³-hybridized carbons (Fsp3) is 0. The Morgan fingerprint density at radius 3 is 0.963 bits per heavy atom. The molecule has 0 atom stereocenters. The van der Waals surface area contributed by atoms with E-state index in [0.29, 0.717) is 49.6 Å². The van der Waals surface area contributed by atoms with Gasteiger partial charge in [0.2, 0.25) is 0 Å². The fourth-order valence-corrected chi connectivity index (χ4v) is 2.58. The van der Waals surface area contributed by atoms with Crippen molar-refractivity contribution in [2.45, 2.75) is 0 Å². The van der Waals surface area contributed by atoms with Crippen LogP contribution in [0.4, 0.5) is 0 Å². The molecule has 0 unspecified atom stereocenters. The van der Waals surface area contributed by atoms with E-state index >= 15 is 0 Å². The molecule has 0 aliphatic rings. The van der Waals surface area contributed by atoms with Crippen molar-refractivity contribution in [3.63, 3.8) is 0 Å². The molecule has 0 amide bonds. The van der Waals surface area contributed by atoms with Crippen LogP contribution < -0.4 is 0 Å². The highest BCUT2D eigenvalue weighted by molar-refractivity contribution is 6.31. The molecular formula is C18H9Cl3N6. The maximum absolute atomic E-state index is 5.92. The summed E-state index contributed by atoms with van der Waals surface area (Å²) in [6.07, 6.45) is 4.59. The van der Waals surface area contributed by atoms with E-state index < -0.39 is 0 Å². The zero-order chi connectivity index (χ0) is 18.8. The minimum Gasteiger partial charge on any atom is -0.251 e. The van der Waals surface area contributed by atoms with Gasteiger partial charge in [0.15, 0.2) is 17.5 Å². The van der Waals surface area contributed by atoms with Crippen LogP contribution in [0.25, 0.3) is 34.6 Å². The van der Waals surface area contributed by atoms with Gasteiger partial charge in [0.05, 0.1) is 15.1 Å². The lowest BCUT2D eigenvalue weighted by Crippen LogP contribution is -2.02. The minimum absolute atomic E-state index is 0.375. The average molecular weight is 416 g/mol. The van der Waals surface area contributed by atoms with Gasteiger partial charge in [0.25, 0.3) is 0 Å². The summed E-state index contributed by atoms with van der Waals surface area (Å²) in [5.74, 6) is 1.13. The van der Waals surface area contributed by atoms with Crippen molar-refractivity contribution < 1.29 is 0 Å². The molecular weight excluding hydrogens is 407 g/mol. The summed E-state index contributed by atoms with van der Waals surface area (Å²) in [6, 6.07) is 10.3. The summed E-state index contributed by atoms with van der Waals surface area (Å²) in [6.45, 7) is 0. The first-order valence-corrected chi connectivity index (χ1v) is 8.84. The van der Waals surface area contributed by atoms with E-state index in [1.807, 2.05) is 0 Å². The number of hydrogen-bond acceptors (Lipinski definition) is 6. The monoisotopic (exact) mass is 414 g/mol. The molecule has 132 valence electrons. The quantitative estimate of drug-likeness (QED) is 0.467. The smallest absolute Gasteiger partial charge is 0.182 e. The summed E-state index contributed by atoms with van der Waals surface area (Å²) in [4.78, 5) is 26.3. The number of halogens is 3. The van der Waals surface area contributed by atoms with Gasteiger partial charge in [-0.15, -0.1) is 0 Å². The molecule has 27 heavy (non-hydrogen) atoms. The highest BCUT2D eigenvalue weighted by Gasteiger charge is 2.14. The molecule has 0 N–H and O–H groups in total. The lowest BCUT2D eigenvalue weighted by Gasteiger charge is -2.07. The molecule has 0 saturated carbocycles. The number of rotatable bonds is 3. The first-order valence-electron chi connectivity index (χ1n) is 7.70. The van der Waals surface area contributed by atoms with Crippen LogP contribution in [0.1, 0.15) is 0 Å². The van der Waals surface area contributed by atoms with E-state index in [4.69, 9.17) is 34.8 Å². The molecule has 4 aromatic heterocycles. The minimum atomic E-state index is 0.375. The Labute approximate surface area is 169 Å². The summed E-state index contributed by atoms with van der Waals surface area (Å²) in [5.41, 5.74) is 1.65. The number of hydrogen-bond donors (Lipinski definition) is 0. The molecule has 4 rings (SSSR count). The Kier molecular flexibility index (Phi) is 4.94. The van der Waals surface area contributed by atoms with Crippen molar-refractivity contribution in [1.82, 2.24) is 29.9 Å². The summed E-state index contributed by atoms with van der Waals surface area (Å²) in [5, 5.41) is 1.56. The SMILES string of the molecule is Clc1ccc(-c2nc(-c3ccc(Cl)cn3)nc(-c3ccc(Cl)cn3)n2)nc1. The van der Waals surface area contributed by atoms with Crippen LogP contribution in [0.15, 0.2) is 55.0 Å². The van der Waals surface area contributed by atoms with E-state index in [9.17, 15) is 0 Å². The molecule has 0 aliphatic carbocycles. The summed E-state index contributed by atoms with van der Waals surface area (Å²) >= 11 is 17.8. The Morgan fingerprint density at radius 1 is 0.444 bits per heavy atom. The van der Waals surface area contributed by atoms with Crippen LogP contribution >= 0.6 is 34.8 Å². The molecule has 0 bridgehead atoms. The van der Waals surface area contributed by atoms with Crippen LogP contribution in [0.2, 0.25) is 15.1 Å². The molecule has 0 aromatic carbocycles. The van der Waals surface area contributed by atoms with Gasteiger partial charge in [0.1, 0.15) is 17.1 Å². The van der Waals surface area contributed by atoms with Gasteiger partial charge in [-0.3, -0.25) is 15.0 Å². The molecule has 6 nitrogen and oxygen atoms in total. The van der Waals surface area contributed by atoms with E-state index in [1.54, 1.807) is 36.4 Å². The van der Waals surface area contributed by atoms with Crippen LogP contribution in [0, 0.1) is 0 Å². The van der Waals surface area contributed by atoms with Gasteiger partial charge in [0, 0.05) is 18.6 Å². The van der Waals surface area contributed by atoms with Crippen molar-refractivity contribution in [3.05, 3.63) is 70.1 Å². The van der Waals surface area contributed by atoms with Crippen LogP contribution in [-0.4, -0.2) is 29.9 Å². The Morgan fingerprint density at radius 2 is 0.741 bits per heavy atom. The van der Waals surface area contributed by atoms with E-state index in [2.05, 4.69) is 29.9 Å². The largest absolute Gasteiger partial charge is 0.251 e. The van der Waals surface area contributed by atoms with Gasteiger partial charge < -0.3 is 0 Å². The number of nitrogens with zero attached hydrogens (tertiary/aromatic N) is 6. The average Bonchev–Trinajstić information content (AvgIpc) is 2.69. The highest BCUT2D eigenvalue weighted by Crippen LogP contribution is 2.23. The molecule has 4 heterocycles. The zero-order valence-electron chi connectivity index (χ0n) is 13.5. The van der Waals surface area contributed by atoms with Crippen LogP contribution in [0.3, 0.4) is 0 Å². The van der Waals surface area contributed by atoms with Crippen molar-refractivity contribution in [1.29, 1.82) is 0 Å². The molecule has 0 aliphatic heterocycles. The van der Waals surface area contributed by atoms with Crippen molar-refractivity contribution in [3.8, 4) is 34.6 Å². The van der Waals surface area contributed by atoms with Gasteiger partial charge >= 0.3 is 0 Å². The van der Waals surface area contributed by atoms with Crippen molar-refractivity contribution in [2.24, 2.45) is 0 Å². The Balaban J connectivity index is 1.89. The second-order valence-corrected chi connectivity index (χ2v) is 6.70. The maximum Gasteiger partial charge on any atom is 0.182 e. The maximum atomic E-state index is 5.92. The second-order valence-electron chi connectivity index (χ2n) is 5.39. The summed E-state index contributed by atoms with van der Waals surface area (Å²) in [7, 11) is 0. The van der Waals surface area contributed by atoms with Crippen molar-refractivity contribution >= 4 is 34.8 Å². The predicted octanol–water partition coefficient (Wildman–Crippen LogP) is 5.02. The highest BCUT2D eigenvalue weighted by atomic mass is 35.5. The molecule has 9 heteroatoms.